The number of nitrogens with one attached hydrogen (secondary N) is 2. The molecule has 1 aliphatic carbocycles. The fourth-order valence-electron chi connectivity index (χ4n) is 4.33. The third-order valence-electron chi connectivity index (χ3n) is 5.85. The molecular weight excluding hydrogens is 356 g/mol. The first-order valence-corrected chi connectivity index (χ1v) is 10.3. The van der Waals surface area contributed by atoms with E-state index in [1.165, 1.54) is 6.42 Å². The molecule has 3 heterocycles. The first-order chi connectivity index (χ1) is 13.7. The lowest BCUT2D eigenvalue weighted by atomic mass is 9.96. The fourth-order valence-corrected chi connectivity index (χ4v) is 4.33. The second-order valence-electron chi connectivity index (χ2n) is 7.89. The highest BCUT2D eigenvalue weighted by Crippen LogP contribution is 2.26. The average Bonchev–Trinajstić information content (AvgIpc) is 3.13. The molecule has 2 aromatic rings. The van der Waals surface area contributed by atoms with Gasteiger partial charge in [-0.2, -0.15) is 0 Å². The number of imide groups is 1. The highest BCUT2D eigenvalue weighted by molar-refractivity contribution is 5.95. The molecule has 0 bridgehead atoms. The van der Waals surface area contributed by atoms with E-state index in [2.05, 4.69) is 25.7 Å². The summed E-state index contributed by atoms with van der Waals surface area (Å²) in [4.78, 5) is 26.3. The lowest BCUT2D eigenvalue weighted by molar-refractivity contribution is -0.121. The van der Waals surface area contributed by atoms with Crippen molar-refractivity contribution >= 4 is 17.6 Å². The number of carbonyl (C=O) groups is 2. The summed E-state index contributed by atoms with van der Waals surface area (Å²) >= 11 is 0. The van der Waals surface area contributed by atoms with Crippen LogP contribution in [0.3, 0.4) is 0 Å². The van der Waals surface area contributed by atoms with Crippen LogP contribution in [0.5, 0.6) is 0 Å². The molecule has 1 aliphatic heterocycles. The normalized spacial score (nSPS) is 19.6. The van der Waals surface area contributed by atoms with Gasteiger partial charge in [0.25, 0.3) is 0 Å². The molecule has 1 saturated carbocycles. The van der Waals surface area contributed by atoms with Gasteiger partial charge < -0.3 is 5.32 Å². The number of aromatic nitrogens is 3. The first-order valence-electron chi connectivity index (χ1n) is 10.3. The van der Waals surface area contributed by atoms with Gasteiger partial charge in [-0.25, -0.2) is 4.79 Å². The van der Waals surface area contributed by atoms with Crippen molar-refractivity contribution in [3.8, 4) is 0 Å². The molecule has 2 aromatic heterocycles. The highest BCUT2D eigenvalue weighted by Gasteiger charge is 2.26. The molecule has 1 saturated heterocycles. The lowest BCUT2D eigenvalue weighted by Crippen LogP contribution is -2.48. The number of rotatable bonds is 4. The van der Waals surface area contributed by atoms with Crippen LogP contribution in [0.1, 0.15) is 56.7 Å². The number of hydrogen-bond acceptors (Lipinski definition) is 5. The molecule has 2 fully saturated rings. The molecule has 28 heavy (non-hydrogen) atoms. The van der Waals surface area contributed by atoms with Crippen LogP contribution in [-0.2, 0) is 4.79 Å². The van der Waals surface area contributed by atoms with E-state index in [1.54, 1.807) is 0 Å². The summed E-state index contributed by atoms with van der Waals surface area (Å²) in [5.74, 6) is 1.09. The molecule has 2 aliphatic rings. The maximum Gasteiger partial charge on any atom is 0.321 e. The molecule has 0 atom stereocenters. The third kappa shape index (κ3) is 4.49. The summed E-state index contributed by atoms with van der Waals surface area (Å²) in [6, 6.07) is 5.74. The van der Waals surface area contributed by atoms with E-state index < -0.39 is 0 Å². The topological polar surface area (TPSA) is 91.6 Å². The molecule has 4 rings (SSSR count). The molecule has 3 amide bonds. The third-order valence-corrected chi connectivity index (χ3v) is 5.85. The minimum atomic E-state index is -0.360. The molecule has 0 aromatic carbocycles. The summed E-state index contributed by atoms with van der Waals surface area (Å²) in [6.45, 7) is 1.87. The molecule has 2 N–H and O–H groups in total. The number of urea groups is 1. The van der Waals surface area contributed by atoms with Crippen LogP contribution >= 0.6 is 0 Å². The van der Waals surface area contributed by atoms with Crippen molar-refractivity contribution in [2.45, 2.75) is 56.9 Å². The minimum Gasteiger partial charge on any atom is -0.335 e. The van der Waals surface area contributed by atoms with Crippen LogP contribution in [0.15, 0.2) is 24.4 Å². The fraction of sp³-hybridized carbons (Fsp3) is 0.600. The van der Waals surface area contributed by atoms with Crippen LogP contribution in [0.4, 0.5) is 4.79 Å². The zero-order chi connectivity index (χ0) is 19.3. The maximum absolute atomic E-state index is 12.2. The van der Waals surface area contributed by atoms with Crippen molar-refractivity contribution in [2.75, 3.05) is 19.6 Å². The Labute approximate surface area is 164 Å². The van der Waals surface area contributed by atoms with E-state index in [4.69, 9.17) is 0 Å². The Bertz CT molecular complexity index is 821. The Morgan fingerprint density at radius 3 is 2.61 bits per heavy atom. The predicted molar refractivity (Wildman–Crippen MR) is 105 cm³/mol. The minimum absolute atomic E-state index is 0.204. The predicted octanol–water partition coefficient (Wildman–Crippen LogP) is 2.07. The smallest absolute Gasteiger partial charge is 0.321 e. The first kappa shape index (κ1) is 18.9. The SMILES string of the molecule is O=C(CN1CCC(c2nnc3ccccn23)CC1)NC(=O)NC1CCCCC1. The van der Waals surface area contributed by atoms with Crippen LogP contribution < -0.4 is 10.6 Å². The number of amides is 3. The van der Waals surface area contributed by atoms with Gasteiger partial charge in [-0.05, 0) is 50.9 Å². The van der Waals surface area contributed by atoms with Gasteiger partial charge in [-0.3, -0.25) is 19.4 Å². The van der Waals surface area contributed by atoms with Gasteiger partial charge in [0, 0.05) is 18.2 Å². The van der Waals surface area contributed by atoms with Crippen LogP contribution in [0, 0.1) is 0 Å². The molecule has 8 heteroatoms. The summed E-state index contributed by atoms with van der Waals surface area (Å²) < 4.78 is 2.04. The van der Waals surface area contributed by atoms with Crippen molar-refractivity contribution in [1.29, 1.82) is 0 Å². The van der Waals surface area contributed by atoms with Gasteiger partial charge in [-0.15, -0.1) is 10.2 Å². The molecule has 150 valence electrons. The number of piperidine rings is 1. The van der Waals surface area contributed by atoms with Gasteiger partial charge in [0.05, 0.1) is 6.54 Å². The summed E-state index contributed by atoms with van der Waals surface area (Å²) in [5, 5.41) is 14.0. The van der Waals surface area contributed by atoms with Gasteiger partial charge in [-0.1, -0.05) is 25.3 Å². The van der Waals surface area contributed by atoms with Crippen molar-refractivity contribution in [1.82, 2.24) is 30.1 Å². The zero-order valence-electron chi connectivity index (χ0n) is 16.1. The Hall–Kier alpha value is -2.48. The number of likely N-dealkylation sites (tertiary alicyclic amines) is 1. The molecule has 0 radical (unpaired) electrons. The number of hydrogen-bond donors (Lipinski definition) is 2. The Morgan fingerprint density at radius 2 is 1.82 bits per heavy atom. The van der Waals surface area contributed by atoms with Crippen molar-refractivity contribution in [3.05, 3.63) is 30.2 Å². The van der Waals surface area contributed by atoms with E-state index in [-0.39, 0.29) is 24.5 Å². The van der Waals surface area contributed by atoms with Crippen molar-refractivity contribution < 1.29 is 9.59 Å². The van der Waals surface area contributed by atoms with E-state index >= 15 is 0 Å². The van der Waals surface area contributed by atoms with E-state index in [1.807, 2.05) is 28.8 Å². The second-order valence-corrected chi connectivity index (χ2v) is 7.89. The van der Waals surface area contributed by atoms with Crippen LogP contribution in [-0.4, -0.2) is 57.1 Å². The van der Waals surface area contributed by atoms with Crippen molar-refractivity contribution in [2.24, 2.45) is 0 Å². The lowest BCUT2D eigenvalue weighted by Gasteiger charge is -2.30. The Balaban J connectivity index is 1.22. The summed E-state index contributed by atoms with van der Waals surface area (Å²) in [5.41, 5.74) is 0.864. The van der Waals surface area contributed by atoms with Crippen LogP contribution in [0.25, 0.3) is 5.65 Å². The van der Waals surface area contributed by atoms with E-state index in [0.717, 1.165) is 63.1 Å². The Kier molecular flexibility index (Phi) is 5.85. The van der Waals surface area contributed by atoms with Gasteiger partial charge >= 0.3 is 6.03 Å². The Morgan fingerprint density at radius 1 is 1.04 bits per heavy atom. The number of fused-ring (bicyclic) bond motifs is 1. The van der Waals surface area contributed by atoms with Crippen molar-refractivity contribution in [3.63, 3.8) is 0 Å². The molecule has 0 unspecified atom stereocenters. The molecular formula is C20H28N6O2. The second kappa shape index (κ2) is 8.68. The quantitative estimate of drug-likeness (QED) is 0.842. The summed E-state index contributed by atoms with van der Waals surface area (Å²) in [7, 11) is 0. The monoisotopic (exact) mass is 384 g/mol. The number of carbonyl (C=O) groups excluding carboxylic acids is 2. The molecule has 8 nitrogen and oxygen atoms in total. The van der Waals surface area contributed by atoms with E-state index in [0.29, 0.717) is 5.92 Å². The van der Waals surface area contributed by atoms with Crippen LogP contribution in [0.2, 0.25) is 0 Å². The number of nitrogens with zero attached hydrogens (tertiary/aromatic N) is 4. The zero-order valence-corrected chi connectivity index (χ0v) is 16.1. The summed E-state index contributed by atoms with van der Waals surface area (Å²) in [6.07, 6.45) is 9.40. The standard InChI is InChI=1S/C20H28N6O2/c27-18(22-20(28)21-16-6-2-1-3-7-16)14-25-12-9-15(10-13-25)19-24-23-17-8-4-5-11-26(17)19/h4-5,8,11,15-16H,1-3,6-7,9-10,12-14H2,(H2,21,22,27,28). The van der Waals surface area contributed by atoms with Gasteiger partial charge in [0.2, 0.25) is 5.91 Å². The number of pyridine rings is 1. The molecule has 0 spiro atoms. The highest BCUT2D eigenvalue weighted by atomic mass is 16.2. The van der Waals surface area contributed by atoms with E-state index in [9.17, 15) is 9.59 Å². The maximum atomic E-state index is 12.2. The van der Waals surface area contributed by atoms with Gasteiger partial charge in [0.15, 0.2) is 5.65 Å². The largest absolute Gasteiger partial charge is 0.335 e. The average molecular weight is 384 g/mol. The van der Waals surface area contributed by atoms with Gasteiger partial charge in [0.1, 0.15) is 5.82 Å².